The lowest BCUT2D eigenvalue weighted by atomic mass is 10.2. The van der Waals surface area contributed by atoms with Crippen molar-refractivity contribution in [2.75, 3.05) is 14.2 Å². The maximum atomic E-state index is 5.44. The van der Waals surface area contributed by atoms with E-state index < -0.39 is 0 Å². The minimum absolute atomic E-state index is 0.903. The average Bonchev–Trinajstić information content (AvgIpc) is 3.04. The molecule has 0 spiro atoms. The van der Waals surface area contributed by atoms with Crippen molar-refractivity contribution >= 4 is 11.3 Å². The van der Waals surface area contributed by atoms with Crippen molar-refractivity contribution in [1.29, 1.82) is 0 Å². The van der Waals surface area contributed by atoms with Crippen LogP contribution in [0.3, 0.4) is 0 Å². The molecule has 3 nitrogen and oxygen atoms in total. The molecular weight excluding hydrogens is 316 g/mol. The highest BCUT2D eigenvalue weighted by atomic mass is 32.1. The molecule has 0 bridgehead atoms. The third kappa shape index (κ3) is 4.02. The highest BCUT2D eigenvalue weighted by Crippen LogP contribution is 2.23. The molecule has 0 amide bonds. The second kappa shape index (κ2) is 7.60. The van der Waals surface area contributed by atoms with Gasteiger partial charge in [-0.05, 0) is 19.1 Å². The quantitative estimate of drug-likeness (QED) is 0.745. The number of benzene rings is 2. The Balaban J connectivity index is 1.67. The van der Waals surface area contributed by atoms with Gasteiger partial charge >= 0.3 is 0 Å². The third-order valence-electron chi connectivity index (χ3n) is 4.02. The van der Waals surface area contributed by atoms with E-state index in [-0.39, 0.29) is 0 Å². The van der Waals surface area contributed by atoms with Crippen molar-refractivity contribution in [2.45, 2.75) is 20.0 Å². The van der Waals surface area contributed by atoms with E-state index in [1.807, 2.05) is 12.1 Å². The van der Waals surface area contributed by atoms with Gasteiger partial charge in [-0.3, -0.25) is 0 Å². The fourth-order valence-electron chi connectivity index (χ4n) is 2.76. The first-order valence-corrected chi connectivity index (χ1v) is 8.98. The molecule has 0 aliphatic heterocycles. The van der Waals surface area contributed by atoms with E-state index in [1.165, 1.54) is 21.6 Å². The summed E-state index contributed by atoms with van der Waals surface area (Å²) < 4.78 is 5.44. The lowest BCUT2D eigenvalue weighted by Gasteiger charge is -2.14. The number of para-hydroxylation sites is 1. The van der Waals surface area contributed by atoms with Gasteiger partial charge in [0, 0.05) is 16.5 Å². The Labute approximate surface area is 147 Å². The Morgan fingerprint density at radius 3 is 2.54 bits per heavy atom. The van der Waals surface area contributed by atoms with Crippen LogP contribution in [0.15, 0.2) is 53.9 Å². The lowest BCUT2D eigenvalue weighted by molar-refractivity contribution is -0.908. The normalized spacial score (nSPS) is 12.1. The zero-order chi connectivity index (χ0) is 16.9. The number of ether oxygens (including phenoxy) is 1. The predicted octanol–water partition coefficient (Wildman–Crippen LogP) is 3.34. The Hall–Kier alpha value is -2.17. The molecule has 1 atom stereocenters. The highest BCUT2D eigenvalue weighted by Gasteiger charge is 2.12. The van der Waals surface area contributed by atoms with Crippen LogP contribution in [0.25, 0.3) is 10.6 Å². The van der Waals surface area contributed by atoms with E-state index >= 15 is 0 Å². The van der Waals surface area contributed by atoms with Crippen LogP contribution >= 0.6 is 11.3 Å². The van der Waals surface area contributed by atoms with Crippen LogP contribution in [0.2, 0.25) is 0 Å². The smallest absolute Gasteiger partial charge is 0.127 e. The molecule has 1 aromatic heterocycles. The minimum atomic E-state index is 0.903. The summed E-state index contributed by atoms with van der Waals surface area (Å²) in [4.78, 5) is 6.19. The first-order valence-electron chi connectivity index (χ1n) is 8.10. The molecule has 0 saturated heterocycles. The van der Waals surface area contributed by atoms with Gasteiger partial charge in [0.25, 0.3) is 0 Å². The number of rotatable bonds is 6. The third-order valence-corrected chi connectivity index (χ3v) is 4.96. The molecule has 3 rings (SSSR count). The van der Waals surface area contributed by atoms with E-state index in [0.29, 0.717) is 0 Å². The highest BCUT2D eigenvalue weighted by molar-refractivity contribution is 7.13. The van der Waals surface area contributed by atoms with Crippen molar-refractivity contribution < 1.29 is 9.64 Å². The molecule has 24 heavy (non-hydrogen) atoms. The van der Waals surface area contributed by atoms with Crippen molar-refractivity contribution in [3.05, 3.63) is 70.7 Å². The summed E-state index contributed by atoms with van der Waals surface area (Å²) in [5.41, 5.74) is 4.84. The van der Waals surface area contributed by atoms with Crippen LogP contribution in [0.1, 0.15) is 16.8 Å². The molecule has 0 saturated carbocycles. The Kier molecular flexibility index (Phi) is 5.28. The first kappa shape index (κ1) is 16.7. The molecule has 0 fully saturated rings. The summed E-state index contributed by atoms with van der Waals surface area (Å²) >= 11 is 1.72. The maximum absolute atomic E-state index is 5.44. The van der Waals surface area contributed by atoms with Gasteiger partial charge in [-0.1, -0.05) is 42.0 Å². The van der Waals surface area contributed by atoms with Crippen molar-refractivity contribution in [3.63, 3.8) is 0 Å². The number of methoxy groups -OCH3 is 1. The second-order valence-corrected chi connectivity index (χ2v) is 6.99. The van der Waals surface area contributed by atoms with Gasteiger partial charge in [-0.2, -0.15) is 0 Å². The van der Waals surface area contributed by atoms with Gasteiger partial charge in [-0.25, -0.2) is 4.98 Å². The first-order chi connectivity index (χ1) is 11.7. The zero-order valence-corrected chi connectivity index (χ0v) is 15.2. The van der Waals surface area contributed by atoms with Crippen LogP contribution < -0.4 is 9.64 Å². The van der Waals surface area contributed by atoms with E-state index in [2.05, 4.69) is 55.7 Å². The molecule has 1 heterocycles. The maximum Gasteiger partial charge on any atom is 0.127 e. The molecule has 2 aromatic carbocycles. The molecule has 1 unspecified atom stereocenters. The van der Waals surface area contributed by atoms with E-state index in [9.17, 15) is 0 Å². The molecule has 3 aromatic rings. The summed E-state index contributed by atoms with van der Waals surface area (Å²) in [5.74, 6) is 0.954. The molecule has 0 aliphatic carbocycles. The topological polar surface area (TPSA) is 26.6 Å². The van der Waals surface area contributed by atoms with Crippen LogP contribution in [-0.4, -0.2) is 19.1 Å². The minimum Gasteiger partial charge on any atom is -0.496 e. The average molecular weight is 339 g/mol. The SMILES string of the molecule is COc1ccccc1C[NH+](C)Cc1csc(-c2ccc(C)cc2)n1. The summed E-state index contributed by atoms with van der Waals surface area (Å²) in [6, 6.07) is 16.8. The lowest BCUT2D eigenvalue weighted by Crippen LogP contribution is -3.06. The van der Waals surface area contributed by atoms with Gasteiger partial charge < -0.3 is 9.64 Å². The number of nitrogens with one attached hydrogen (secondary N) is 1. The Bertz CT molecular complexity index is 795. The van der Waals surface area contributed by atoms with Gasteiger partial charge in [0.05, 0.1) is 14.2 Å². The molecule has 1 N–H and O–H groups in total. The zero-order valence-electron chi connectivity index (χ0n) is 14.4. The largest absolute Gasteiger partial charge is 0.496 e. The number of thiazole rings is 1. The predicted molar refractivity (Wildman–Crippen MR) is 99.6 cm³/mol. The molecule has 4 heteroatoms. The molecule has 0 radical (unpaired) electrons. The van der Waals surface area contributed by atoms with Crippen molar-refractivity contribution in [2.24, 2.45) is 0 Å². The Morgan fingerprint density at radius 2 is 1.79 bits per heavy atom. The summed E-state index contributed by atoms with van der Waals surface area (Å²) in [7, 11) is 3.92. The number of aromatic nitrogens is 1. The van der Waals surface area contributed by atoms with E-state index in [1.54, 1.807) is 18.4 Å². The van der Waals surface area contributed by atoms with Crippen molar-refractivity contribution in [3.8, 4) is 16.3 Å². The summed E-state index contributed by atoms with van der Waals surface area (Å²) in [5, 5.41) is 3.26. The number of hydrogen-bond donors (Lipinski definition) is 1. The Morgan fingerprint density at radius 1 is 1.04 bits per heavy atom. The number of quaternary nitrogens is 1. The van der Waals surface area contributed by atoms with Gasteiger partial charge in [0.2, 0.25) is 0 Å². The van der Waals surface area contributed by atoms with Gasteiger partial charge in [0.15, 0.2) is 0 Å². The van der Waals surface area contributed by atoms with Crippen LogP contribution in [-0.2, 0) is 13.1 Å². The van der Waals surface area contributed by atoms with Gasteiger partial charge in [0.1, 0.15) is 29.5 Å². The monoisotopic (exact) mass is 339 g/mol. The molecule has 124 valence electrons. The van der Waals surface area contributed by atoms with E-state index in [0.717, 1.165) is 29.5 Å². The molecule has 0 aliphatic rings. The number of aryl methyl sites for hydroxylation is 1. The number of nitrogens with zero attached hydrogens (tertiary/aromatic N) is 1. The fourth-order valence-corrected chi connectivity index (χ4v) is 3.59. The number of hydrogen-bond acceptors (Lipinski definition) is 3. The standard InChI is InChI=1S/C20H22N2OS/c1-15-8-10-16(11-9-15)20-21-18(14-24-20)13-22(2)12-17-6-4-5-7-19(17)23-3/h4-11,14H,12-13H2,1-3H3/p+1. The van der Waals surface area contributed by atoms with Crippen molar-refractivity contribution in [1.82, 2.24) is 4.98 Å². The fraction of sp³-hybridized carbons (Fsp3) is 0.250. The summed E-state index contributed by atoms with van der Waals surface area (Å²) in [6.07, 6.45) is 0. The van der Waals surface area contributed by atoms with Crippen LogP contribution in [0.5, 0.6) is 5.75 Å². The summed E-state index contributed by atoms with van der Waals surface area (Å²) in [6.45, 7) is 3.93. The van der Waals surface area contributed by atoms with E-state index in [4.69, 9.17) is 9.72 Å². The molecular formula is C20H23N2OS+. The van der Waals surface area contributed by atoms with Crippen LogP contribution in [0, 0.1) is 6.92 Å². The van der Waals surface area contributed by atoms with Gasteiger partial charge in [-0.15, -0.1) is 11.3 Å². The second-order valence-electron chi connectivity index (χ2n) is 6.13. The van der Waals surface area contributed by atoms with Crippen LogP contribution in [0.4, 0.5) is 0 Å².